The SMILES string of the molecule is Cc1cccc([N+](=O)[O-])c1C1(C#N)CC1. The minimum Gasteiger partial charge on any atom is -0.258 e. The molecule has 4 heteroatoms. The van der Waals surface area contributed by atoms with Gasteiger partial charge in [-0.3, -0.25) is 10.1 Å². The number of aryl methyl sites for hydroxylation is 1. The van der Waals surface area contributed by atoms with Gasteiger partial charge in [0.15, 0.2) is 0 Å². The second-order valence-corrected chi connectivity index (χ2v) is 3.92. The van der Waals surface area contributed by atoms with Crippen molar-refractivity contribution < 1.29 is 4.92 Å². The maximum atomic E-state index is 10.9. The van der Waals surface area contributed by atoms with E-state index in [4.69, 9.17) is 5.26 Å². The molecule has 15 heavy (non-hydrogen) atoms. The first-order valence-corrected chi connectivity index (χ1v) is 4.76. The summed E-state index contributed by atoms with van der Waals surface area (Å²) in [6, 6.07) is 7.15. The summed E-state index contributed by atoms with van der Waals surface area (Å²) in [5.74, 6) is 0. The Balaban J connectivity index is 2.64. The van der Waals surface area contributed by atoms with Crippen LogP contribution < -0.4 is 0 Å². The standard InChI is InChI=1S/C11H10N2O2/c1-8-3-2-4-9(13(14)15)10(8)11(7-12)5-6-11/h2-4H,5-6H2,1H3. The van der Waals surface area contributed by atoms with Crippen molar-refractivity contribution in [1.82, 2.24) is 0 Å². The summed E-state index contributed by atoms with van der Waals surface area (Å²) in [4.78, 5) is 10.5. The van der Waals surface area contributed by atoms with Crippen LogP contribution in [-0.4, -0.2) is 4.92 Å². The van der Waals surface area contributed by atoms with Gasteiger partial charge < -0.3 is 0 Å². The van der Waals surface area contributed by atoms with Crippen LogP contribution in [0.4, 0.5) is 5.69 Å². The first kappa shape index (κ1) is 9.66. The Morgan fingerprint density at radius 2 is 2.20 bits per heavy atom. The van der Waals surface area contributed by atoms with E-state index in [-0.39, 0.29) is 5.69 Å². The molecular formula is C11H10N2O2. The van der Waals surface area contributed by atoms with E-state index in [9.17, 15) is 10.1 Å². The van der Waals surface area contributed by atoms with Gasteiger partial charge in [0.05, 0.1) is 22.0 Å². The fraction of sp³-hybridized carbons (Fsp3) is 0.364. The summed E-state index contributed by atoms with van der Waals surface area (Å²) in [7, 11) is 0. The summed E-state index contributed by atoms with van der Waals surface area (Å²) in [6.45, 7) is 1.82. The van der Waals surface area contributed by atoms with Crippen LogP contribution in [0.25, 0.3) is 0 Å². The predicted octanol–water partition coefficient (Wildman–Crippen LogP) is 2.46. The first-order valence-electron chi connectivity index (χ1n) is 4.76. The molecule has 0 bridgehead atoms. The summed E-state index contributed by atoms with van der Waals surface area (Å²) in [5, 5.41) is 19.9. The highest BCUT2D eigenvalue weighted by molar-refractivity contribution is 5.55. The van der Waals surface area contributed by atoms with Gasteiger partial charge >= 0.3 is 0 Å². The summed E-state index contributed by atoms with van der Waals surface area (Å²) in [6.07, 6.45) is 1.46. The first-order chi connectivity index (χ1) is 7.10. The molecule has 0 unspecified atom stereocenters. The molecule has 1 aliphatic rings. The van der Waals surface area contributed by atoms with Crippen LogP contribution in [-0.2, 0) is 5.41 Å². The van der Waals surface area contributed by atoms with Gasteiger partial charge in [-0.15, -0.1) is 0 Å². The largest absolute Gasteiger partial charge is 0.274 e. The van der Waals surface area contributed by atoms with Gasteiger partial charge in [-0.25, -0.2) is 0 Å². The van der Waals surface area contributed by atoms with Gasteiger partial charge in [-0.1, -0.05) is 12.1 Å². The molecular weight excluding hydrogens is 192 g/mol. The van der Waals surface area contributed by atoms with Gasteiger partial charge in [-0.05, 0) is 25.3 Å². The van der Waals surface area contributed by atoms with Crippen LogP contribution in [0.2, 0.25) is 0 Å². The van der Waals surface area contributed by atoms with Gasteiger partial charge in [0.1, 0.15) is 0 Å². The highest BCUT2D eigenvalue weighted by atomic mass is 16.6. The Morgan fingerprint density at radius 3 is 2.67 bits per heavy atom. The highest BCUT2D eigenvalue weighted by Crippen LogP contribution is 2.51. The molecule has 4 nitrogen and oxygen atoms in total. The molecule has 0 amide bonds. The number of nitrogens with zero attached hydrogens (tertiary/aromatic N) is 2. The normalized spacial score (nSPS) is 16.8. The van der Waals surface area contributed by atoms with Crippen molar-refractivity contribution in [2.24, 2.45) is 0 Å². The molecule has 0 aromatic heterocycles. The number of nitro groups is 1. The Hall–Kier alpha value is -1.89. The molecule has 1 aliphatic carbocycles. The van der Waals surface area contributed by atoms with Crippen LogP contribution in [0.15, 0.2) is 18.2 Å². The smallest absolute Gasteiger partial charge is 0.258 e. The molecule has 76 valence electrons. The molecule has 1 aromatic rings. The fourth-order valence-electron chi connectivity index (χ4n) is 1.97. The van der Waals surface area contributed by atoms with Crippen LogP contribution in [0, 0.1) is 28.4 Å². The fourth-order valence-corrected chi connectivity index (χ4v) is 1.97. The minimum atomic E-state index is -0.590. The van der Waals surface area contributed by atoms with Crippen molar-refractivity contribution in [2.45, 2.75) is 25.2 Å². The van der Waals surface area contributed by atoms with Crippen LogP contribution in [0.3, 0.4) is 0 Å². The van der Waals surface area contributed by atoms with Gasteiger partial charge in [0, 0.05) is 6.07 Å². The number of nitriles is 1. The maximum absolute atomic E-state index is 10.9. The summed E-state index contributed by atoms with van der Waals surface area (Å²) < 4.78 is 0. The van der Waals surface area contributed by atoms with Crippen LogP contribution in [0.5, 0.6) is 0 Å². The zero-order valence-corrected chi connectivity index (χ0v) is 8.36. The van der Waals surface area contributed by atoms with E-state index in [0.717, 1.165) is 18.4 Å². The summed E-state index contributed by atoms with van der Waals surface area (Å²) >= 11 is 0. The molecule has 2 rings (SSSR count). The molecule has 0 heterocycles. The Labute approximate surface area is 87.3 Å². The van der Waals surface area contributed by atoms with E-state index in [1.165, 1.54) is 6.07 Å². The lowest BCUT2D eigenvalue weighted by molar-refractivity contribution is -0.385. The highest BCUT2D eigenvalue weighted by Gasteiger charge is 2.49. The Bertz CT molecular complexity index is 470. The topological polar surface area (TPSA) is 66.9 Å². The zero-order chi connectivity index (χ0) is 11.1. The molecule has 1 saturated carbocycles. The number of rotatable bonds is 2. The lowest BCUT2D eigenvalue weighted by atomic mass is 9.91. The number of hydrogen-bond acceptors (Lipinski definition) is 3. The van der Waals surface area contributed by atoms with Crippen LogP contribution >= 0.6 is 0 Å². The lowest BCUT2D eigenvalue weighted by Gasteiger charge is -2.10. The Kier molecular flexibility index (Phi) is 1.97. The molecule has 0 aliphatic heterocycles. The van der Waals surface area contributed by atoms with E-state index in [1.54, 1.807) is 6.07 Å². The maximum Gasteiger partial charge on any atom is 0.274 e. The molecule has 0 saturated heterocycles. The van der Waals surface area contributed by atoms with Crippen molar-refractivity contribution in [3.63, 3.8) is 0 Å². The van der Waals surface area contributed by atoms with Gasteiger partial charge in [-0.2, -0.15) is 5.26 Å². The average molecular weight is 202 g/mol. The van der Waals surface area contributed by atoms with Crippen molar-refractivity contribution in [3.05, 3.63) is 39.4 Å². The van der Waals surface area contributed by atoms with Crippen molar-refractivity contribution in [2.75, 3.05) is 0 Å². The van der Waals surface area contributed by atoms with E-state index in [1.807, 2.05) is 13.0 Å². The predicted molar refractivity (Wildman–Crippen MR) is 54.4 cm³/mol. The van der Waals surface area contributed by atoms with E-state index in [2.05, 4.69) is 6.07 Å². The van der Waals surface area contributed by atoms with Crippen LogP contribution in [0.1, 0.15) is 24.0 Å². The van der Waals surface area contributed by atoms with Gasteiger partial charge in [0.25, 0.3) is 5.69 Å². The summed E-state index contributed by atoms with van der Waals surface area (Å²) in [5.41, 5.74) is 0.933. The molecule has 0 radical (unpaired) electrons. The molecule has 1 aromatic carbocycles. The Morgan fingerprint density at radius 1 is 1.53 bits per heavy atom. The zero-order valence-electron chi connectivity index (χ0n) is 8.36. The molecule has 1 fully saturated rings. The second kappa shape index (κ2) is 3.06. The quantitative estimate of drug-likeness (QED) is 0.546. The van der Waals surface area contributed by atoms with Crippen molar-refractivity contribution in [1.29, 1.82) is 5.26 Å². The molecule has 0 N–H and O–H groups in total. The van der Waals surface area contributed by atoms with E-state index < -0.39 is 10.3 Å². The lowest BCUT2D eigenvalue weighted by Crippen LogP contribution is -2.09. The molecule has 0 spiro atoms. The van der Waals surface area contributed by atoms with Crippen molar-refractivity contribution >= 4 is 5.69 Å². The monoisotopic (exact) mass is 202 g/mol. The third-order valence-corrected chi connectivity index (χ3v) is 2.89. The van der Waals surface area contributed by atoms with E-state index >= 15 is 0 Å². The molecule has 0 atom stereocenters. The second-order valence-electron chi connectivity index (χ2n) is 3.92. The number of benzene rings is 1. The third-order valence-electron chi connectivity index (χ3n) is 2.89. The number of hydrogen-bond donors (Lipinski definition) is 0. The van der Waals surface area contributed by atoms with Crippen molar-refractivity contribution in [3.8, 4) is 6.07 Å². The minimum absolute atomic E-state index is 0.0778. The third kappa shape index (κ3) is 1.37. The van der Waals surface area contributed by atoms with Gasteiger partial charge in [0.2, 0.25) is 0 Å². The average Bonchev–Trinajstić information content (AvgIpc) is 2.98. The van der Waals surface area contributed by atoms with E-state index in [0.29, 0.717) is 5.56 Å². The number of nitro benzene ring substituents is 1.